The minimum Gasteiger partial charge on any atom is -0.377 e. The first-order chi connectivity index (χ1) is 9.13. The highest BCUT2D eigenvalue weighted by molar-refractivity contribution is 6.01. The lowest BCUT2D eigenvalue weighted by Gasteiger charge is -2.33. The van der Waals surface area contributed by atoms with Gasteiger partial charge in [-0.3, -0.25) is 9.59 Å². The summed E-state index contributed by atoms with van der Waals surface area (Å²) in [5.41, 5.74) is 1.12. The molecule has 0 saturated carbocycles. The molecule has 1 saturated heterocycles. The van der Waals surface area contributed by atoms with E-state index in [1.807, 2.05) is 6.07 Å². The summed E-state index contributed by atoms with van der Waals surface area (Å²) in [6, 6.07) is 7.18. The van der Waals surface area contributed by atoms with Crippen molar-refractivity contribution in [3.05, 3.63) is 23.8 Å². The first-order valence-electron chi connectivity index (χ1n) is 5.86. The van der Waals surface area contributed by atoms with Gasteiger partial charge in [0.15, 0.2) is 5.41 Å². The number of hydrogen-bond donors (Lipinski definition) is 2. The van der Waals surface area contributed by atoms with Crippen LogP contribution in [0.2, 0.25) is 0 Å². The number of carbonyl (C=O) groups is 2. The molecule has 96 valence electrons. The Labute approximate surface area is 109 Å². The van der Waals surface area contributed by atoms with Crippen LogP contribution in [0.15, 0.2) is 18.2 Å². The van der Waals surface area contributed by atoms with Crippen LogP contribution in [-0.2, 0) is 20.7 Å². The smallest absolute Gasteiger partial charge is 0.249 e. The van der Waals surface area contributed by atoms with E-state index >= 15 is 0 Å². The Balaban J connectivity index is 1.78. The Kier molecular flexibility index (Phi) is 2.50. The SMILES string of the molecule is N#CC1(C(=O)Nc2ccc3c(c2)CC(=O)N3)COC1. The predicted molar refractivity (Wildman–Crippen MR) is 66.3 cm³/mol. The summed E-state index contributed by atoms with van der Waals surface area (Å²) in [7, 11) is 0. The van der Waals surface area contributed by atoms with Crippen molar-refractivity contribution in [2.45, 2.75) is 6.42 Å². The van der Waals surface area contributed by atoms with Crippen LogP contribution >= 0.6 is 0 Å². The van der Waals surface area contributed by atoms with E-state index in [0.29, 0.717) is 12.1 Å². The van der Waals surface area contributed by atoms with Crippen molar-refractivity contribution in [2.75, 3.05) is 23.8 Å². The molecule has 0 aromatic heterocycles. The van der Waals surface area contributed by atoms with Gasteiger partial charge in [-0.25, -0.2) is 0 Å². The second-order valence-corrected chi connectivity index (χ2v) is 4.74. The molecule has 6 nitrogen and oxygen atoms in total. The number of rotatable bonds is 2. The lowest BCUT2D eigenvalue weighted by Crippen LogP contribution is -2.50. The Bertz CT molecular complexity index is 614. The van der Waals surface area contributed by atoms with Gasteiger partial charge in [0.1, 0.15) is 0 Å². The number of ether oxygens (including phenoxy) is 1. The molecular formula is C13H11N3O3. The van der Waals surface area contributed by atoms with Crippen molar-refractivity contribution >= 4 is 23.2 Å². The van der Waals surface area contributed by atoms with Crippen LogP contribution in [-0.4, -0.2) is 25.0 Å². The maximum absolute atomic E-state index is 12.0. The Morgan fingerprint density at radius 2 is 2.26 bits per heavy atom. The van der Waals surface area contributed by atoms with Gasteiger partial charge in [0.25, 0.3) is 0 Å². The quantitative estimate of drug-likeness (QED) is 0.814. The van der Waals surface area contributed by atoms with Crippen molar-refractivity contribution in [1.82, 2.24) is 0 Å². The lowest BCUT2D eigenvalue weighted by atomic mass is 9.87. The van der Waals surface area contributed by atoms with Crippen molar-refractivity contribution in [1.29, 1.82) is 5.26 Å². The maximum atomic E-state index is 12.0. The van der Waals surface area contributed by atoms with Crippen molar-refractivity contribution in [2.24, 2.45) is 5.41 Å². The molecule has 0 aliphatic carbocycles. The number of benzene rings is 1. The van der Waals surface area contributed by atoms with Crippen LogP contribution < -0.4 is 10.6 Å². The van der Waals surface area contributed by atoms with Crippen LogP contribution in [0.4, 0.5) is 11.4 Å². The number of amides is 2. The number of fused-ring (bicyclic) bond motifs is 1. The molecule has 3 rings (SSSR count). The predicted octanol–water partition coefficient (Wildman–Crippen LogP) is 0.660. The van der Waals surface area contributed by atoms with Crippen LogP contribution in [0.5, 0.6) is 0 Å². The number of nitriles is 1. The van der Waals surface area contributed by atoms with Gasteiger partial charge in [-0.15, -0.1) is 0 Å². The monoisotopic (exact) mass is 257 g/mol. The van der Waals surface area contributed by atoms with Gasteiger partial charge in [-0.2, -0.15) is 5.26 Å². The number of carbonyl (C=O) groups excluding carboxylic acids is 2. The molecule has 1 aromatic carbocycles. The molecule has 1 aromatic rings. The Hall–Kier alpha value is -2.39. The molecule has 2 amide bonds. The second-order valence-electron chi connectivity index (χ2n) is 4.74. The molecule has 1 fully saturated rings. The van der Waals surface area contributed by atoms with E-state index < -0.39 is 5.41 Å². The van der Waals surface area contributed by atoms with Crippen molar-refractivity contribution < 1.29 is 14.3 Å². The molecule has 0 atom stereocenters. The van der Waals surface area contributed by atoms with Crippen LogP contribution in [0.25, 0.3) is 0 Å². The van der Waals surface area contributed by atoms with Gasteiger partial charge in [0.2, 0.25) is 11.8 Å². The van der Waals surface area contributed by atoms with E-state index in [-0.39, 0.29) is 25.0 Å². The third kappa shape index (κ3) is 1.84. The van der Waals surface area contributed by atoms with E-state index in [4.69, 9.17) is 10.00 Å². The number of hydrogen-bond acceptors (Lipinski definition) is 4. The highest BCUT2D eigenvalue weighted by Crippen LogP contribution is 2.30. The largest absolute Gasteiger partial charge is 0.377 e. The van der Waals surface area contributed by atoms with Gasteiger partial charge < -0.3 is 15.4 Å². The molecule has 2 heterocycles. The molecular weight excluding hydrogens is 246 g/mol. The molecule has 0 bridgehead atoms. The van der Waals surface area contributed by atoms with Crippen molar-refractivity contribution in [3.8, 4) is 6.07 Å². The molecule has 19 heavy (non-hydrogen) atoms. The second kappa shape index (κ2) is 4.07. The average Bonchev–Trinajstić information content (AvgIpc) is 2.67. The summed E-state index contributed by atoms with van der Waals surface area (Å²) in [5, 5.41) is 14.4. The number of anilines is 2. The number of nitrogens with one attached hydrogen (secondary N) is 2. The summed E-state index contributed by atoms with van der Waals surface area (Å²) >= 11 is 0. The van der Waals surface area contributed by atoms with Crippen LogP contribution in [0.3, 0.4) is 0 Å². The lowest BCUT2D eigenvalue weighted by molar-refractivity contribution is -0.144. The highest BCUT2D eigenvalue weighted by atomic mass is 16.5. The first kappa shape index (κ1) is 11.7. The van der Waals surface area contributed by atoms with E-state index in [2.05, 4.69) is 10.6 Å². The summed E-state index contributed by atoms with van der Waals surface area (Å²) in [4.78, 5) is 23.3. The van der Waals surface area contributed by atoms with Gasteiger partial charge in [-0.05, 0) is 23.8 Å². The standard InChI is InChI=1S/C13H11N3O3/c14-5-13(6-19-7-13)12(18)15-9-1-2-10-8(3-9)4-11(17)16-10/h1-3H,4,6-7H2,(H,15,18)(H,16,17). The van der Waals surface area contributed by atoms with Gasteiger partial charge in [0.05, 0.1) is 25.7 Å². The van der Waals surface area contributed by atoms with E-state index in [9.17, 15) is 9.59 Å². The van der Waals surface area contributed by atoms with Crippen LogP contribution in [0, 0.1) is 16.7 Å². The fourth-order valence-corrected chi connectivity index (χ4v) is 2.11. The topological polar surface area (TPSA) is 91.2 Å². The average molecular weight is 257 g/mol. The van der Waals surface area contributed by atoms with E-state index in [1.54, 1.807) is 18.2 Å². The zero-order chi connectivity index (χ0) is 13.5. The third-order valence-electron chi connectivity index (χ3n) is 3.33. The fourth-order valence-electron chi connectivity index (χ4n) is 2.11. The van der Waals surface area contributed by atoms with Gasteiger partial charge >= 0.3 is 0 Å². The zero-order valence-corrected chi connectivity index (χ0v) is 10.0. The van der Waals surface area contributed by atoms with Gasteiger partial charge in [0, 0.05) is 11.4 Å². The fraction of sp³-hybridized carbons (Fsp3) is 0.308. The molecule has 0 unspecified atom stereocenters. The molecule has 0 spiro atoms. The minimum absolute atomic E-state index is 0.0561. The Morgan fingerprint density at radius 3 is 2.89 bits per heavy atom. The maximum Gasteiger partial charge on any atom is 0.249 e. The van der Waals surface area contributed by atoms with Gasteiger partial charge in [-0.1, -0.05) is 0 Å². The Morgan fingerprint density at radius 1 is 1.47 bits per heavy atom. The molecule has 2 N–H and O–H groups in total. The molecule has 2 aliphatic heterocycles. The molecule has 0 radical (unpaired) electrons. The third-order valence-corrected chi connectivity index (χ3v) is 3.33. The highest BCUT2D eigenvalue weighted by Gasteiger charge is 2.46. The molecule has 2 aliphatic rings. The van der Waals surface area contributed by atoms with E-state index in [0.717, 1.165) is 11.3 Å². The normalized spacial score (nSPS) is 18.8. The molecule has 6 heteroatoms. The summed E-state index contributed by atoms with van der Waals surface area (Å²) < 4.78 is 4.94. The minimum atomic E-state index is -1.08. The summed E-state index contributed by atoms with van der Waals surface area (Å²) in [5.74, 6) is -0.419. The number of nitrogens with zero attached hydrogens (tertiary/aromatic N) is 1. The van der Waals surface area contributed by atoms with E-state index in [1.165, 1.54) is 0 Å². The summed E-state index contributed by atoms with van der Waals surface area (Å²) in [6.45, 7) is 0.251. The summed E-state index contributed by atoms with van der Waals surface area (Å²) in [6.07, 6.45) is 0.311. The van der Waals surface area contributed by atoms with Crippen molar-refractivity contribution in [3.63, 3.8) is 0 Å². The first-order valence-corrected chi connectivity index (χ1v) is 5.86. The van der Waals surface area contributed by atoms with Crippen LogP contribution in [0.1, 0.15) is 5.56 Å². The zero-order valence-electron chi connectivity index (χ0n) is 10.0.